The van der Waals surface area contributed by atoms with E-state index < -0.39 is 24.3 Å². The Bertz CT molecular complexity index is 1310. The Morgan fingerprint density at radius 1 is 1.18 bits per heavy atom. The molecule has 0 saturated carbocycles. The number of aromatic nitrogens is 4. The molecule has 2 aromatic heterocycles. The van der Waals surface area contributed by atoms with E-state index in [-0.39, 0.29) is 54.5 Å². The number of benzene rings is 1. The van der Waals surface area contributed by atoms with Crippen LogP contribution in [0.3, 0.4) is 0 Å². The van der Waals surface area contributed by atoms with Crippen LogP contribution >= 0.6 is 0 Å². The predicted octanol–water partition coefficient (Wildman–Crippen LogP) is -0.708. The number of rotatable bonds is 13. The number of nitrogens with two attached hydrogens (primary N) is 1. The lowest BCUT2D eigenvalue weighted by Crippen LogP contribution is -2.57. The largest absolute Gasteiger partial charge is 0.394 e. The molecule has 14 heteroatoms. The minimum Gasteiger partial charge on any atom is -0.394 e. The topological polar surface area (TPSA) is 217 Å². The van der Waals surface area contributed by atoms with Gasteiger partial charge in [0, 0.05) is 30.8 Å². The summed E-state index contributed by atoms with van der Waals surface area (Å²) in [6.07, 6.45) is 1.94. The molecule has 2 amide bonds. The minimum atomic E-state index is -1.25. The van der Waals surface area contributed by atoms with E-state index in [0.29, 0.717) is 17.7 Å². The van der Waals surface area contributed by atoms with E-state index in [1.807, 2.05) is 0 Å². The van der Waals surface area contributed by atoms with E-state index in [4.69, 9.17) is 10.5 Å². The Morgan fingerprint density at radius 2 is 1.89 bits per heavy atom. The second-order valence-electron chi connectivity index (χ2n) is 8.91. The van der Waals surface area contributed by atoms with Crippen molar-refractivity contribution in [2.24, 2.45) is 0 Å². The summed E-state index contributed by atoms with van der Waals surface area (Å²) < 4.78 is 4.97. The van der Waals surface area contributed by atoms with Crippen molar-refractivity contribution in [2.45, 2.75) is 37.9 Å². The molecule has 2 heterocycles. The maximum Gasteiger partial charge on any atom is 0.280 e. The van der Waals surface area contributed by atoms with E-state index in [0.717, 1.165) is 5.69 Å². The zero-order valence-electron chi connectivity index (χ0n) is 21.2. The van der Waals surface area contributed by atoms with Crippen LogP contribution in [0.25, 0.3) is 11.2 Å². The van der Waals surface area contributed by atoms with Gasteiger partial charge in [-0.1, -0.05) is 0 Å². The molecule has 0 radical (unpaired) electrons. The van der Waals surface area contributed by atoms with Crippen LogP contribution in [0.15, 0.2) is 35.3 Å². The summed E-state index contributed by atoms with van der Waals surface area (Å²) in [4.78, 5) is 51.6. The number of hydrogen-bond donors (Lipinski definition) is 7. The van der Waals surface area contributed by atoms with Gasteiger partial charge in [0.2, 0.25) is 11.9 Å². The number of anilines is 2. The molecule has 1 atom stereocenters. The number of hydrogen-bond acceptors (Lipinski definition) is 11. The summed E-state index contributed by atoms with van der Waals surface area (Å²) in [5.74, 6) is -0.699. The minimum absolute atomic E-state index is 0.0307. The van der Waals surface area contributed by atoms with Crippen LogP contribution < -0.4 is 27.2 Å². The van der Waals surface area contributed by atoms with Gasteiger partial charge in [0.05, 0.1) is 38.3 Å². The third-order valence-corrected chi connectivity index (χ3v) is 5.72. The Labute approximate surface area is 218 Å². The highest BCUT2D eigenvalue weighted by molar-refractivity contribution is 5.94. The van der Waals surface area contributed by atoms with E-state index in [2.05, 4.69) is 35.9 Å². The number of fused-ring (bicyclic) bond motifs is 1. The van der Waals surface area contributed by atoms with Gasteiger partial charge in [-0.3, -0.25) is 19.4 Å². The Morgan fingerprint density at radius 3 is 2.55 bits per heavy atom. The number of nitrogen functional groups attached to an aromatic ring is 1. The smallest absolute Gasteiger partial charge is 0.280 e. The Hall–Kier alpha value is -4.14. The fourth-order valence-corrected chi connectivity index (χ4v) is 3.61. The van der Waals surface area contributed by atoms with Crippen LogP contribution in [0.4, 0.5) is 11.6 Å². The number of aliphatic hydroxyl groups excluding tert-OH is 2. The third kappa shape index (κ3) is 7.44. The molecule has 0 aliphatic heterocycles. The second kappa shape index (κ2) is 12.9. The highest BCUT2D eigenvalue weighted by atomic mass is 16.5. The first-order chi connectivity index (χ1) is 18.2. The quantitative estimate of drug-likeness (QED) is 0.147. The van der Waals surface area contributed by atoms with Crippen molar-refractivity contribution < 1.29 is 24.5 Å². The number of methoxy groups -OCH3 is 1. The normalized spacial score (nSPS) is 12.2. The zero-order valence-corrected chi connectivity index (χ0v) is 21.2. The molecule has 0 aliphatic rings. The first-order valence-corrected chi connectivity index (χ1v) is 11.9. The SMILES string of the molecule is COCC(CO)(CO)NC(=O)CC[C@@H](C)NC(=O)c1ccc(NCc2cnc3nc(N)[nH]c(=O)c3n2)cc1. The first kappa shape index (κ1) is 28.4. The number of ether oxygens (including phenoxy) is 1. The predicted molar refractivity (Wildman–Crippen MR) is 139 cm³/mol. The standard InChI is InChI=1S/C24H32N8O6/c1-14(3-8-18(35)32-24(11-33,12-34)13-38-2)28-21(36)15-4-6-16(7-5-15)26-9-17-10-27-20-19(29-17)22(37)31-23(25)30-20/h4-7,10,14,26,33-34H,3,8-9,11-13H2,1-2H3,(H,28,36)(H,32,35)(H3,25,27,30,31,37)/t14-/m1/s1. The van der Waals surface area contributed by atoms with Crippen LogP contribution in [0.5, 0.6) is 0 Å². The average molecular weight is 529 g/mol. The van der Waals surface area contributed by atoms with Gasteiger partial charge in [0.25, 0.3) is 11.5 Å². The first-order valence-electron chi connectivity index (χ1n) is 11.9. The number of amides is 2. The number of nitrogens with zero attached hydrogens (tertiary/aromatic N) is 3. The van der Waals surface area contributed by atoms with Crippen molar-refractivity contribution in [3.05, 3.63) is 52.1 Å². The van der Waals surface area contributed by atoms with Crippen molar-refractivity contribution in [1.29, 1.82) is 0 Å². The summed E-state index contributed by atoms with van der Waals surface area (Å²) in [5, 5.41) is 27.6. The molecule has 0 saturated heterocycles. The number of aliphatic hydroxyl groups is 2. The lowest BCUT2D eigenvalue weighted by atomic mass is 10.0. The van der Waals surface area contributed by atoms with E-state index in [9.17, 15) is 24.6 Å². The summed E-state index contributed by atoms with van der Waals surface area (Å²) in [6, 6.07) is 6.47. The molecule has 0 bridgehead atoms. The lowest BCUT2D eigenvalue weighted by molar-refractivity contribution is -0.125. The molecule has 204 valence electrons. The van der Waals surface area contributed by atoms with Crippen molar-refractivity contribution in [3.63, 3.8) is 0 Å². The highest BCUT2D eigenvalue weighted by Crippen LogP contribution is 2.12. The van der Waals surface area contributed by atoms with Crippen LogP contribution in [-0.4, -0.2) is 80.5 Å². The van der Waals surface area contributed by atoms with Gasteiger partial charge in [-0.15, -0.1) is 0 Å². The van der Waals surface area contributed by atoms with E-state index >= 15 is 0 Å². The molecule has 3 rings (SSSR count). The van der Waals surface area contributed by atoms with Gasteiger partial charge in [0.1, 0.15) is 5.54 Å². The van der Waals surface area contributed by atoms with Gasteiger partial charge >= 0.3 is 0 Å². The molecule has 38 heavy (non-hydrogen) atoms. The molecular formula is C24H32N8O6. The molecule has 0 spiro atoms. The van der Waals surface area contributed by atoms with Crippen molar-refractivity contribution in [2.75, 3.05) is 38.0 Å². The van der Waals surface area contributed by atoms with Gasteiger partial charge in [0.15, 0.2) is 11.2 Å². The Kier molecular flexibility index (Phi) is 9.65. The molecule has 0 fully saturated rings. The fourth-order valence-electron chi connectivity index (χ4n) is 3.61. The summed E-state index contributed by atoms with van der Waals surface area (Å²) >= 11 is 0. The van der Waals surface area contributed by atoms with Crippen LogP contribution in [0, 0.1) is 0 Å². The van der Waals surface area contributed by atoms with Crippen LogP contribution in [0.2, 0.25) is 0 Å². The molecular weight excluding hydrogens is 496 g/mol. The van der Waals surface area contributed by atoms with Gasteiger partial charge in [-0.05, 0) is 37.6 Å². The van der Waals surface area contributed by atoms with Gasteiger partial charge in [-0.2, -0.15) is 4.98 Å². The number of carbonyl (C=O) groups is 2. The number of carbonyl (C=O) groups excluding carboxylic acids is 2. The average Bonchev–Trinajstić information content (AvgIpc) is 2.90. The molecule has 3 aromatic rings. The molecule has 1 aromatic carbocycles. The lowest BCUT2D eigenvalue weighted by Gasteiger charge is -2.30. The van der Waals surface area contributed by atoms with Gasteiger partial charge in [-0.25, -0.2) is 9.97 Å². The van der Waals surface area contributed by atoms with E-state index in [1.54, 1.807) is 31.2 Å². The van der Waals surface area contributed by atoms with Crippen molar-refractivity contribution in [1.82, 2.24) is 30.6 Å². The molecule has 14 nitrogen and oxygen atoms in total. The summed E-state index contributed by atoms with van der Waals surface area (Å²) in [7, 11) is 1.41. The maximum atomic E-state index is 12.6. The van der Waals surface area contributed by atoms with Crippen molar-refractivity contribution in [3.8, 4) is 0 Å². The highest BCUT2D eigenvalue weighted by Gasteiger charge is 2.30. The van der Waals surface area contributed by atoms with E-state index in [1.165, 1.54) is 13.3 Å². The monoisotopic (exact) mass is 528 g/mol. The third-order valence-electron chi connectivity index (χ3n) is 5.72. The van der Waals surface area contributed by atoms with Crippen molar-refractivity contribution >= 4 is 34.6 Å². The second-order valence-corrected chi connectivity index (χ2v) is 8.91. The maximum absolute atomic E-state index is 12.6. The summed E-state index contributed by atoms with van der Waals surface area (Å²) in [5.41, 5.74) is 5.73. The number of H-pyrrole nitrogens is 1. The molecule has 0 unspecified atom stereocenters. The zero-order chi connectivity index (χ0) is 27.7. The summed E-state index contributed by atoms with van der Waals surface area (Å²) in [6.45, 7) is 1.09. The van der Waals surface area contributed by atoms with Crippen LogP contribution in [0.1, 0.15) is 35.8 Å². The fraction of sp³-hybridized carbons (Fsp3) is 0.417. The Balaban J connectivity index is 1.49. The molecule has 8 N–H and O–H groups in total. The number of aromatic amines is 1. The van der Waals surface area contributed by atoms with Crippen LogP contribution in [-0.2, 0) is 16.1 Å². The number of nitrogens with one attached hydrogen (secondary N) is 4. The molecule has 0 aliphatic carbocycles. The van der Waals surface area contributed by atoms with Gasteiger partial charge < -0.3 is 36.6 Å².